The zero-order valence-electron chi connectivity index (χ0n) is 64.8. The largest absolute Gasteiger partial charge is 0.472 e. The Bertz CT molecular complexity index is 1910. The van der Waals surface area contributed by atoms with Gasteiger partial charge in [-0.2, -0.15) is 0 Å². The second kappa shape index (κ2) is 71.7. The van der Waals surface area contributed by atoms with E-state index in [0.29, 0.717) is 25.7 Å². The number of unbranched alkanes of at least 4 members (excludes halogenated alkanes) is 48. The molecular formula is C80H156O17P2. The molecule has 0 rings (SSSR count). The van der Waals surface area contributed by atoms with E-state index in [4.69, 9.17) is 37.0 Å². The number of rotatable bonds is 79. The molecule has 0 bridgehead atoms. The quantitative estimate of drug-likeness (QED) is 0.0222. The molecule has 0 saturated carbocycles. The number of aliphatic hydroxyl groups excluding tert-OH is 1. The van der Waals surface area contributed by atoms with Crippen LogP contribution in [0.5, 0.6) is 0 Å². The van der Waals surface area contributed by atoms with Crippen LogP contribution in [0.25, 0.3) is 0 Å². The summed E-state index contributed by atoms with van der Waals surface area (Å²) in [6.07, 6.45) is 60.9. The number of hydrogen-bond acceptors (Lipinski definition) is 15. The Morgan fingerprint density at radius 2 is 0.515 bits per heavy atom. The molecule has 0 aromatic carbocycles. The van der Waals surface area contributed by atoms with Gasteiger partial charge >= 0.3 is 39.5 Å². The Morgan fingerprint density at radius 1 is 0.293 bits per heavy atom. The molecule has 0 heterocycles. The topological polar surface area (TPSA) is 237 Å². The zero-order chi connectivity index (χ0) is 72.8. The molecule has 0 radical (unpaired) electrons. The molecule has 0 saturated heterocycles. The number of phosphoric ester groups is 2. The van der Waals surface area contributed by atoms with E-state index >= 15 is 0 Å². The van der Waals surface area contributed by atoms with E-state index < -0.39 is 97.5 Å². The summed E-state index contributed by atoms with van der Waals surface area (Å²) in [5.41, 5.74) is 0. The Labute approximate surface area is 607 Å². The molecule has 3 N–H and O–H groups in total. The Morgan fingerprint density at radius 3 is 0.768 bits per heavy atom. The molecular weight excluding hydrogens is 1290 g/mol. The number of hydrogen-bond donors (Lipinski definition) is 3. The second-order valence-electron chi connectivity index (χ2n) is 29.5. The summed E-state index contributed by atoms with van der Waals surface area (Å²) in [6, 6.07) is 0. The van der Waals surface area contributed by atoms with Crippen molar-refractivity contribution in [2.75, 3.05) is 39.6 Å². The van der Waals surface area contributed by atoms with Gasteiger partial charge in [-0.3, -0.25) is 37.3 Å². The molecule has 0 aliphatic heterocycles. The van der Waals surface area contributed by atoms with Gasteiger partial charge in [-0.1, -0.05) is 369 Å². The first-order chi connectivity index (χ1) is 47.9. The lowest BCUT2D eigenvalue weighted by molar-refractivity contribution is -0.161. The minimum absolute atomic E-state index is 0.106. The predicted octanol–water partition coefficient (Wildman–Crippen LogP) is 23.9. The van der Waals surface area contributed by atoms with Crippen LogP contribution in [0, 0.1) is 11.8 Å². The molecule has 0 aliphatic carbocycles. The monoisotopic (exact) mass is 1450 g/mol. The van der Waals surface area contributed by atoms with Gasteiger partial charge in [-0.15, -0.1) is 0 Å². The average Bonchev–Trinajstić information content (AvgIpc) is 0.970. The van der Waals surface area contributed by atoms with Gasteiger partial charge in [0.1, 0.15) is 19.3 Å². The normalized spacial score (nSPS) is 14.2. The van der Waals surface area contributed by atoms with Crippen molar-refractivity contribution in [3.63, 3.8) is 0 Å². The Kier molecular flexibility index (Phi) is 70.3. The molecule has 0 aliphatic rings. The van der Waals surface area contributed by atoms with Gasteiger partial charge in [-0.05, 0) is 37.5 Å². The molecule has 17 nitrogen and oxygen atoms in total. The maximum atomic E-state index is 13.1. The van der Waals surface area contributed by atoms with Crippen LogP contribution in [0.3, 0.4) is 0 Å². The van der Waals surface area contributed by atoms with E-state index in [1.54, 1.807) is 0 Å². The molecule has 0 aromatic heterocycles. The molecule has 19 heteroatoms. The van der Waals surface area contributed by atoms with Gasteiger partial charge in [0.05, 0.1) is 26.4 Å². The summed E-state index contributed by atoms with van der Waals surface area (Å²) >= 11 is 0. The Balaban J connectivity index is 5.24. The molecule has 0 amide bonds. The molecule has 6 atom stereocenters. The summed E-state index contributed by atoms with van der Waals surface area (Å²) in [5, 5.41) is 10.6. The number of aliphatic hydroxyl groups is 1. The van der Waals surface area contributed by atoms with Gasteiger partial charge < -0.3 is 33.8 Å². The van der Waals surface area contributed by atoms with Crippen LogP contribution in [0.1, 0.15) is 420 Å². The predicted molar refractivity (Wildman–Crippen MR) is 405 cm³/mol. The number of carbonyl (C=O) groups excluding carboxylic acids is 4. The highest BCUT2D eigenvalue weighted by molar-refractivity contribution is 7.47. The molecule has 0 aromatic rings. The SMILES string of the molecule is CCCCCCCCCCCCCCCCCCCCC(=O)OC[C@H](COP(=O)(O)OC[C@@H](O)COP(=O)(O)OC[C@@H](COC(=O)CCCCCCCCCCCC)OC(=O)CCCCCCCCCCCCC(C)C)OC(=O)CCCCCCCCCCCCCCCCC(C)CC. The van der Waals surface area contributed by atoms with Crippen molar-refractivity contribution in [3.8, 4) is 0 Å². The first kappa shape index (κ1) is 97.1. The molecule has 0 fully saturated rings. The number of phosphoric acid groups is 2. The third kappa shape index (κ3) is 72.8. The van der Waals surface area contributed by atoms with Gasteiger partial charge in [0, 0.05) is 25.7 Å². The minimum Gasteiger partial charge on any atom is -0.462 e. The third-order valence-corrected chi connectivity index (χ3v) is 21.0. The van der Waals surface area contributed by atoms with Crippen LogP contribution < -0.4 is 0 Å². The molecule has 0 spiro atoms. The fourth-order valence-electron chi connectivity index (χ4n) is 12.3. The summed E-state index contributed by atoms with van der Waals surface area (Å²) < 4.78 is 68.7. The first-order valence-corrected chi connectivity index (χ1v) is 44.5. The molecule has 588 valence electrons. The summed E-state index contributed by atoms with van der Waals surface area (Å²) in [7, 11) is -9.92. The van der Waals surface area contributed by atoms with E-state index in [0.717, 1.165) is 102 Å². The van der Waals surface area contributed by atoms with Crippen LogP contribution in [0.4, 0.5) is 0 Å². The van der Waals surface area contributed by atoms with Crippen LogP contribution in [-0.4, -0.2) is 96.7 Å². The van der Waals surface area contributed by atoms with E-state index in [1.165, 1.54) is 238 Å². The zero-order valence-corrected chi connectivity index (χ0v) is 66.6. The lowest BCUT2D eigenvalue weighted by atomic mass is 9.99. The van der Waals surface area contributed by atoms with Crippen molar-refractivity contribution < 1.29 is 80.2 Å². The number of carbonyl (C=O) groups is 4. The maximum absolute atomic E-state index is 13.1. The average molecular weight is 1450 g/mol. The second-order valence-corrected chi connectivity index (χ2v) is 32.4. The fourth-order valence-corrected chi connectivity index (χ4v) is 13.9. The van der Waals surface area contributed by atoms with Gasteiger partial charge in [-0.25, -0.2) is 9.13 Å². The van der Waals surface area contributed by atoms with E-state index in [2.05, 4.69) is 41.5 Å². The van der Waals surface area contributed by atoms with Gasteiger partial charge in [0.15, 0.2) is 12.2 Å². The van der Waals surface area contributed by atoms with E-state index in [-0.39, 0.29) is 25.7 Å². The van der Waals surface area contributed by atoms with Crippen molar-refractivity contribution in [3.05, 3.63) is 0 Å². The van der Waals surface area contributed by atoms with Crippen LogP contribution in [-0.2, 0) is 65.4 Å². The van der Waals surface area contributed by atoms with Crippen molar-refractivity contribution in [1.82, 2.24) is 0 Å². The van der Waals surface area contributed by atoms with Crippen molar-refractivity contribution in [2.45, 2.75) is 439 Å². The highest BCUT2D eigenvalue weighted by Crippen LogP contribution is 2.45. The van der Waals surface area contributed by atoms with Crippen LogP contribution in [0.2, 0.25) is 0 Å². The van der Waals surface area contributed by atoms with E-state index in [9.17, 15) is 43.2 Å². The maximum Gasteiger partial charge on any atom is 0.472 e. The molecule has 99 heavy (non-hydrogen) atoms. The smallest absolute Gasteiger partial charge is 0.462 e. The van der Waals surface area contributed by atoms with Crippen molar-refractivity contribution in [1.29, 1.82) is 0 Å². The van der Waals surface area contributed by atoms with E-state index in [1.807, 2.05) is 0 Å². The third-order valence-electron chi connectivity index (χ3n) is 19.1. The lowest BCUT2D eigenvalue weighted by Crippen LogP contribution is -2.30. The summed E-state index contributed by atoms with van der Waals surface area (Å²) in [4.78, 5) is 73.0. The minimum atomic E-state index is -4.96. The van der Waals surface area contributed by atoms with Crippen LogP contribution >= 0.6 is 15.6 Å². The lowest BCUT2D eigenvalue weighted by Gasteiger charge is -2.21. The summed E-state index contributed by atoms with van der Waals surface area (Å²) in [6.45, 7) is 9.66. The van der Waals surface area contributed by atoms with Gasteiger partial charge in [0.2, 0.25) is 0 Å². The number of esters is 4. The highest BCUT2D eigenvalue weighted by Gasteiger charge is 2.30. The molecule has 3 unspecified atom stereocenters. The number of ether oxygens (including phenoxy) is 4. The standard InChI is InChI=1S/C80H156O17P2/c1-7-10-12-14-16-18-20-21-22-23-24-25-29-32-39-45-51-57-63-78(83)91-69-76(96-79(84)64-58-52-46-40-33-30-27-26-28-31-37-43-49-55-61-73(6)9-3)71-95-99(88,89)93-67-74(81)66-92-98(86,87)94-70-75(68-90-77(82)62-56-50-44-38-19-17-15-13-11-8-2)97-80(85)65-59-53-47-41-35-34-36-42-48-54-60-72(4)5/h72-76,81H,7-71H2,1-6H3,(H,86,87)(H,88,89)/t73?,74-,75+,76+/m0/s1. The van der Waals surface area contributed by atoms with Crippen LogP contribution in [0.15, 0.2) is 0 Å². The fraction of sp³-hybridized carbons (Fsp3) is 0.950. The van der Waals surface area contributed by atoms with Gasteiger partial charge in [0.25, 0.3) is 0 Å². The van der Waals surface area contributed by atoms with Crippen molar-refractivity contribution >= 4 is 39.5 Å². The highest BCUT2D eigenvalue weighted by atomic mass is 31.2. The Hall–Kier alpha value is -1.94. The summed E-state index contributed by atoms with van der Waals surface area (Å²) in [5.74, 6) is -0.512. The van der Waals surface area contributed by atoms with Crippen molar-refractivity contribution in [2.24, 2.45) is 11.8 Å². The first-order valence-electron chi connectivity index (χ1n) is 41.5.